The average Bonchev–Trinajstić information content (AvgIpc) is 3.23. The predicted molar refractivity (Wildman–Crippen MR) is 87.8 cm³/mol. The first-order valence-electron chi connectivity index (χ1n) is 8.65. The second-order valence-electron chi connectivity index (χ2n) is 6.69. The number of hydrogen-bond donors (Lipinski definition) is 1. The third-order valence-corrected chi connectivity index (χ3v) is 4.95. The van der Waals surface area contributed by atoms with Gasteiger partial charge in [-0.1, -0.05) is 0 Å². The highest BCUT2D eigenvalue weighted by Crippen LogP contribution is 2.32. The van der Waals surface area contributed by atoms with Gasteiger partial charge in [-0.2, -0.15) is 0 Å². The fourth-order valence-corrected chi connectivity index (χ4v) is 3.78. The van der Waals surface area contributed by atoms with Gasteiger partial charge in [0.2, 0.25) is 0 Å². The van der Waals surface area contributed by atoms with Crippen LogP contribution in [0.15, 0.2) is 16.9 Å². The number of nitrogens with one attached hydrogen (secondary N) is 1. The van der Waals surface area contributed by atoms with Crippen LogP contribution in [0.1, 0.15) is 49.5 Å². The SMILES string of the molecule is Cc1cc(=O)n2[nH]c([C@@H]3CCCCN3C(=O)[C@@H]3CCCO3)cc2n1. The Labute approximate surface area is 139 Å². The molecule has 2 fully saturated rings. The van der Waals surface area contributed by atoms with E-state index in [0.29, 0.717) is 17.9 Å². The number of aryl methyl sites for hydroxylation is 1. The average molecular weight is 330 g/mol. The van der Waals surface area contributed by atoms with Crippen LogP contribution in [-0.2, 0) is 9.53 Å². The highest BCUT2D eigenvalue weighted by atomic mass is 16.5. The van der Waals surface area contributed by atoms with E-state index in [4.69, 9.17) is 4.74 Å². The lowest BCUT2D eigenvalue weighted by atomic mass is 9.98. The van der Waals surface area contributed by atoms with Crippen LogP contribution in [0.3, 0.4) is 0 Å². The number of hydrogen-bond acceptors (Lipinski definition) is 4. The minimum absolute atomic E-state index is 0.0446. The van der Waals surface area contributed by atoms with Gasteiger partial charge in [-0.05, 0) is 39.0 Å². The van der Waals surface area contributed by atoms with Crippen molar-refractivity contribution in [3.8, 4) is 0 Å². The van der Waals surface area contributed by atoms with Crippen LogP contribution in [-0.4, -0.2) is 44.7 Å². The number of aromatic nitrogens is 3. The van der Waals surface area contributed by atoms with Crippen molar-refractivity contribution in [3.63, 3.8) is 0 Å². The maximum atomic E-state index is 12.8. The normalized spacial score (nSPS) is 24.6. The molecule has 2 aromatic rings. The van der Waals surface area contributed by atoms with Gasteiger partial charge < -0.3 is 9.64 Å². The molecule has 7 nitrogen and oxygen atoms in total. The van der Waals surface area contributed by atoms with Crippen molar-refractivity contribution in [2.24, 2.45) is 0 Å². The van der Waals surface area contributed by atoms with E-state index in [-0.39, 0.29) is 23.6 Å². The fourth-order valence-electron chi connectivity index (χ4n) is 3.78. The van der Waals surface area contributed by atoms with Crippen LogP contribution in [0.5, 0.6) is 0 Å². The van der Waals surface area contributed by atoms with Gasteiger partial charge in [-0.25, -0.2) is 9.50 Å². The monoisotopic (exact) mass is 330 g/mol. The molecule has 7 heteroatoms. The van der Waals surface area contributed by atoms with Crippen LogP contribution >= 0.6 is 0 Å². The number of amides is 1. The fraction of sp³-hybridized carbons (Fsp3) is 0.588. The minimum Gasteiger partial charge on any atom is -0.368 e. The maximum Gasteiger partial charge on any atom is 0.272 e. The number of piperidine rings is 1. The second kappa shape index (κ2) is 6.05. The van der Waals surface area contributed by atoms with Crippen molar-refractivity contribution in [1.29, 1.82) is 0 Å². The molecular formula is C17H22N4O3. The highest BCUT2D eigenvalue weighted by Gasteiger charge is 2.35. The van der Waals surface area contributed by atoms with Gasteiger partial charge in [-0.3, -0.25) is 14.7 Å². The van der Waals surface area contributed by atoms with Crippen molar-refractivity contribution in [2.45, 2.75) is 51.2 Å². The molecule has 0 unspecified atom stereocenters. The Hall–Kier alpha value is -2.15. The number of carbonyl (C=O) groups excluding carboxylic acids is 1. The molecule has 4 rings (SSSR count). The second-order valence-corrected chi connectivity index (χ2v) is 6.69. The third kappa shape index (κ3) is 2.62. The van der Waals surface area contributed by atoms with E-state index in [1.54, 1.807) is 0 Å². The molecule has 0 spiro atoms. The lowest BCUT2D eigenvalue weighted by Crippen LogP contribution is -2.44. The van der Waals surface area contributed by atoms with Crippen LogP contribution in [0.25, 0.3) is 5.65 Å². The molecule has 0 aliphatic carbocycles. The van der Waals surface area contributed by atoms with Crippen LogP contribution < -0.4 is 5.56 Å². The van der Waals surface area contributed by atoms with E-state index < -0.39 is 0 Å². The molecule has 0 radical (unpaired) electrons. The summed E-state index contributed by atoms with van der Waals surface area (Å²) in [4.78, 5) is 31.3. The summed E-state index contributed by atoms with van der Waals surface area (Å²) in [7, 11) is 0. The van der Waals surface area contributed by atoms with Gasteiger partial charge in [0.25, 0.3) is 11.5 Å². The van der Waals surface area contributed by atoms with E-state index >= 15 is 0 Å². The molecule has 1 amide bonds. The molecule has 0 saturated carbocycles. The minimum atomic E-state index is -0.307. The zero-order chi connectivity index (χ0) is 16.7. The first kappa shape index (κ1) is 15.4. The first-order chi connectivity index (χ1) is 11.6. The summed E-state index contributed by atoms with van der Waals surface area (Å²) in [5.41, 5.74) is 2.04. The quantitative estimate of drug-likeness (QED) is 0.906. The Kier molecular flexibility index (Phi) is 3.88. The number of nitrogens with zero attached hydrogens (tertiary/aromatic N) is 3. The van der Waals surface area contributed by atoms with Crippen LogP contribution in [0.2, 0.25) is 0 Å². The van der Waals surface area contributed by atoms with Crippen LogP contribution in [0.4, 0.5) is 0 Å². The van der Waals surface area contributed by atoms with E-state index in [2.05, 4.69) is 10.1 Å². The lowest BCUT2D eigenvalue weighted by Gasteiger charge is -2.36. The molecule has 128 valence electrons. The summed E-state index contributed by atoms with van der Waals surface area (Å²) in [6, 6.07) is 3.35. The number of H-pyrrole nitrogens is 1. The highest BCUT2D eigenvalue weighted by molar-refractivity contribution is 5.81. The van der Waals surface area contributed by atoms with Gasteiger partial charge >= 0.3 is 0 Å². The van der Waals surface area contributed by atoms with E-state index in [1.807, 2.05) is 17.9 Å². The Morgan fingerprint density at radius 1 is 1.29 bits per heavy atom. The van der Waals surface area contributed by atoms with Gasteiger partial charge in [-0.15, -0.1) is 0 Å². The largest absolute Gasteiger partial charge is 0.368 e. The number of fused-ring (bicyclic) bond motifs is 1. The van der Waals surface area contributed by atoms with Gasteiger partial charge in [0.15, 0.2) is 5.65 Å². The van der Waals surface area contributed by atoms with E-state index in [0.717, 1.165) is 44.3 Å². The zero-order valence-corrected chi connectivity index (χ0v) is 13.8. The van der Waals surface area contributed by atoms with E-state index in [9.17, 15) is 9.59 Å². The number of rotatable bonds is 2. The Balaban J connectivity index is 1.68. The zero-order valence-electron chi connectivity index (χ0n) is 13.8. The first-order valence-corrected chi connectivity index (χ1v) is 8.65. The molecule has 24 heavy (non-hydrogen) atoms. The lowest BCUT2D eigenvalue weighted by molar-refractivity contribution is -0.145. The summed E-state index contributed by atoms with van der Waals surface area (Å²) in [5, 5.41) is 3.14. The molecule has 4 heterocycles. The van der Waals surface area contributed by atoms with Crippen LogP contribution in [0, 0.1) is 6.92 Å². The molecule has 2 saturated heterocycles. The maximum absolute atomic E-state index is 12.8. The number of carbonyl (C=O) groups is 1. The number of ether oxygens (including phenoxy) is 1. The number of aromatic amines is 1. The van der Waals surface area contributed by atoms with Crippen molar-refractivity contribution in [1.82, 2.24) is 19.5 Å². The summed E-state index contributed by atoms with van der Waals surface area (Å²) < 4.78 is 7.03. The molecule has 2 aromatic heterocycles. The van der Waals surface area contributed by atoms with Gasteiger partial charge in [0.05, 0.1) is 11.7 Å². The molecule has 2 aliphatic heterocycles. The third-order valence-electron chi connectivity index (χ3n) is 4.95. The molecule has 0 aromatic carbocycles. The molecule has 0 bridgehead atoms. The predicted octanol–water partition coefficient (Wildman–Crippen LogP) is 1.56. The van der Waals surface area contributed by atoms with Crippen molar-refractivity contribution < 1.29 is 9.53 Å². The Bertz CT molecular complexity index is 819. The van der Waals surface area contributed by atoms with Gasteiger partial charge in [0.1, 0.15) is 6.10 Å². The summed E-state index contributed by atoms with van der Waals surface area (Å²) in [6.07, 6.45) is 4.40. The summed E-state index contributed by atoms with van der Waals surface area (Å²) in [6.45, 7) is 3.21. The van der Waals surface area contributed by atoms with Crippen molar-refractivity contribution >= 4 is 11.6 Å². The molecule has 2 atom stereocenters. The van der Waals surface area contributed by atoms with Crippen molar-refractivity contribution in [2.75, 3.05) is 13.2 Å². The molecule has 1 N–H and O–H groups in total. The van der Waals surface area contributed by atoms with Gasteiger partial charge in [0, 0.05) is 31.0 Å². The molecular weight excluding hydrogens is 308 g/mol. The smallest absolute Gasteiger partial charge is 0.272 e. The van der Waals surface area contributed by atoms with Crippen molar-refractivity contribution in [3.05, 3.63) is 33.9 Å². The Morgan fingerprint density at radius 2 is 2.17 bits per heavy atom. The Morgan fingerprint density at radius 3 is 2.96 bits per heavy atom. The summed E-state index contributed by atoms with van der Waals surface area (Å²) in [5.74, 6) is 0.0762. The van der Waals surface area contributed by atoms with E-state index in [1.165, 1.54) is 10.6 Å². The molecule has 2 aliphatic rings. The standard InChI is InChI=1S/C17H22N4O3/c1-11-9-16(22)21-15(18-11)10-12(19-21)13-5-2-3-7-20(13)17(23)14-6-4-8-24-14/h9-10,13-14,19H,2-8H2,1H3/t13-,14-/m0/s1. The summed E-state index contributed by atoms with van der Waals surface area (Å²) >= 11 is 0. The number of likely N-dealkylation sites (tertiary alicyclic amines) is 1. The topological polar surface area (TPSA) is 79.7 Å².